The molecule has 2 nitrogen and oxygen atoms in total. The van der Waals surface area contributed by atoms with Crippen molar-refractivity contribution in [3.8, 4) is 5.75 Å². The van der Waals surface area contributed by atoms with Gasteiger partial charge in [-0.2, -0.15) is 0 Å². The van der Waals surface area contributed by atoms with E-state index in [9.17, 15) is 0 Å². The minimum atomic E-state index is 0.423. The van der Waals surface area contributed by atoms with E-state index in [2.05, 4.69) is 48.8 Å². The van der Waals surface area contributed by atoms with Crippen molar-refractivity contribution in [3.63, 3.8) is 0 Å². The fourth-order valence-corrected chi connectivity index (χ4v) is 3.89. The first-order valence-electron chi connectivity index (χ1n) is 7.84. The Balaban J connectivity index is 1.82. The smallest absolute Gasteiger partial charge is 0.142 e. The molecule has 1 aromatic carbocycles. The molecule has 0 spiro atoms. The number of rotatable bonds is 5. The SMILES string of the molecule is CCCOc1cc(C)ccc1NC1CCCc2sccc21. The van der Waals surface area contributed by atoms with Gasteiger partial charge in [0.05, 0.1) is 18.3 Å². The number of thiophene rings is 1. The Kier molecular flexibility index (Phi) is 4.49. The highest BCUT2D eigenvalue weighted by Crippen LogP contribution is 2.37. The predicted octanol–water partition coefficient (Wildman–Crippen LogP) is 5.33. The molecule has 3 rings (SSSR count). The zero-order valence-electron chi connectivity index (χ0n) is 12.8. The summed E-state index contributed by atoms with van der Waals surface area (Å²) < 4.78 is 5.92. The van der Waals surface area contributed by atoms with E-state index in [0.29, 0.717) is 6.04 Å². The summed E-state index contributed by atoms with van der Waals surface area (Å²) in [4.78, 5) is 1.54. The molecule has 3 heteroatoms. The van der Waals surface area contributed by atoms with Crippen LogP contribution in [-0.4, -0.2) is 6.61 Å². The minimum absolute atomic E-state index is 0.423. The third-order valence-corrected chi connectivity index (χ3v) is 4.98. The molecule has 1 aromatic heterocycles. The monoisotopic (exact) mass is 301 g/mol. The Morgan fingerprint density at radius 2 is 2.24 bits per heavy atom. The molecular weight excluding hydrogens is 278 g/mol. The Labute approximate surface area is 131 Å². The number of aryl methyl sites for hydroxylation is 2. The number of fused-ring (bicyclic) bond motifs is 1. The maximum Gasteiger partial charge on any atom is 0.142 e. The highest BCUT2D eigenvalue weighted by atomic mass is 32.1. The van der Waals surface area contributed by atoms with E-state index in [0.717, 1.165) is 24.5 Å². The van der Waals surface area contributed by atoms with Crippen LogP contribution in [0.3, 0.4) is 0 Å². The number of hydrogen-bond acceptors (Lipinski definition) is 3. The molecule has 0 bridgehead atoms. The van der Waals surface area contributed by atoms with Gasteiger partial charge in [-0.05, 0) is 67.3 Å². The third-order valence-electron chi connectivity index (χ3n) is 3.98. The fourth-order valence-electron chi connectivity index (χ4n) is 2.90. The van der Waals surface area contributed by atoms with Gasteiger partial charge in [0.25, 0.3) is 0 Å². The summed E-state index contributed by atoms with van der Waals surface area (Å²) in [6, 6.07) is 9.14. The zero-order valence-corrected chi connectivity index (χ0v) is 13.6. The molecule has 2 aromatic rings. The Morgan fingerprint density at radius 3 is 3.10 bits per heavy atom. The van der Waals surface area contributed by atoms with Crippen LogP contribution in [-0.2, 0) is 6.42 Å². The van der Waals surface area contributed by atoms with Crippen LogP contribution in [0.25, 0.3) is 0 Å². The quantitative estimate of drug-likeness (QED) is 0.805. The molecule has 1 heterocycles. The topological polar surface area (TPSA) is 21.3 Å². The lowest BCUT2D eigenvalue weighted by molar-refractivity contribution is 0.318. The highest BCUT2D eigenvalue weighted by molar-refractivity contribution is 7.10. The Hall–Kier alpha value is -1.48. The van der Waals surface area contributed by atoms with Gasteiger partial charge in [-0.1, -0.05) is 13.0 Å². The molecule has 1 aliphatic carbocycles. The van der Waals surface area contributed by atoms with Crippen molar-refractivity contribution in [1.29, 1.82) is 0 Å². The first kappa shape index (κ1) is 14.5. The van der Waals surface area contributed by atoms with Crippen molar-refractivity contribution in [2.75, 3.05) is 11.9 Å². The van der Waals surface area contributed by atoms with Crippen LogP contribution in [0, 0.1) is 6.92 Å². The Morgan fingerprint density at radius 1 is 1.33 bits per heavy atom. The second-order valence-corrected chi connectivity index (χ2v) is 6.74. The maximum atomic E-state index is 5.92. The number of hydrogen-bond donors (Lipinski definition) is 1. The predicted molar refractivity (Wildman–Crippen MR) is 90.6 cm³/mol. The van der Waals surface area contributed by atoms with Gasteiger partial charge in [0, 0.05) is 4.88 Å². The molecule has 0 radical (unpaired) electrons. The summed E-state index contributed by atoms with van der Waals surface area (Å²) in [5, 5.41) is 5.93. The van der Waals surface area contributed by atoms with Crippen LogP contribution in [0.5, 0.6) is 5.75 Å². The second kappa shape index (κ2) is 6.52. The van der Waals surface area contributed by atoms with E-state index in [1.54, 1.807) is 4.88 Å². The van der Waals surface area contributed by atoms with Gasteiger partial charge in [0.2, 0.25) is 0 Å². The summed E-state index contributed by atoms with van der Waals surface area (Å²) in [5.41, 5.74) is 3.85. The van der Waals surface area contributed by atoms with E-state index in [4.69, 9.17) is 4.74 Å². The second-order valence-electron chi connectivity index (χ2n) is 5.74. The third kappa shape index (κ3) is 3.24. The lowest BCUT2D eigenvalue weighted by Crippen LogP contribution is -2.16. The average Bonchev–Trinajstić information content (AvgIpc) is 2.97. The molecule has 1 N–H and O–H groups in total. The molecule has 0 amide bonds. The molecule has 0 aliphatic heterocycles. The van der Waals surface area contributed by atoms with Crippen molar-refractivity contribution >= 4 is 17.0 Å². The summed E-state index contributed by atoms with van der Waals surface area (Å²) in [5.74, 6) is 0.985. The van der Waals surface area contributed by atoms with E-state index in [1.807, 2.05) is 11.3 Å². The van der Waals surface area contributed by atoms with E-state index >= 15 is 0 Å². The van der Waals surface area contributed by atoms with Gasteiger partial charge in [0.1, 0.15) is 5.75 Å². The van der Waals surface area contributed by atoms with Crippen LogP contribution in [0.1, 0.15) is 48.2 Å². The first-order chi connectivity index (χ1) is 10.3. The van der Waals surface area contributed by atoms with Crippen LogP contribution in [0.15, 0.2) is 29.6 Å². The lowest BCUT2D eigenvalue weighted by atomic mass is 9.94. The number of nitrogens with one attached hydrogen (secondary N) is 1. The molecule has 0 fully saturated rings. The van der Waals surface area contributed by atoms with Crippen LogP contribution in [0.2, 0.25) is 0 Å². The first-order valence-corrected chi connectivity index (χ1v) is 8.72. The standard InChI is InChI=1S/C18H23NOS/c1-3-10-20-17-12-13(2)7-8-16(17)19-15-5-4-6-18-14(15)9-11-21-18/h7-9,11-12,15,19H,3-6,10H2,1-2H3. The minimum Gasteiger partial charge on any atom is -0.491 e. The lowest BCUT2D eigenvalue weighted by Gasteiger charge is -2.26. The van der Waals surface area contributed by atoms with E-state index in [-0.39, 0.29) is 0 Å². The van der Waals surface area contributed by atoms with Gasteiger partial charge >= 0.3 is 0 Å². The van der Waals surface area contributed by atoms with Crippen molar-refractivity contribution in [1.82, 2.24) is 0 Å². The van der Waals surface area contributed by atoms with E-state index in [1.165, 1.54) is 30.4 Å². The average molecular weight is 301 g/mol. The van der Waals surface area contributed by atoms with Gasteiger partial charge in [-0.3, -0.25) is 0 Å². The van der Waals surface area contributed by atoms with Crippen LogP contribution in [0.4, 0.5) is 5.69 Å². The number of benzene rings is 1. The van der Waals surface area contributed by atoms with Crippen molar-refractivity contribution < 1.29 is 4.74 Å². The molecule has 1 unspecified atom stereocenters. The van der Waals surface area contributed by atoms with Gasteiger partial charge in [0.15, 0.2) is 0 Å². The molecular formula is C18H23NOS. The molecule has 21 heavy (non-hydrogen) atoms. The molecule has 1 aliphatic rings. The zero-order chi connectivity index (χ0) is 14.7. The summed E-state index contributed by atoms with van der Waals surface area (Å²) >= 11 is 1.89. The van der Waals surface area contributed by atoms with Crippen molar-refractivity contribution in [2.45, 2.75) is 45.6 Å². The molecule has 0 saturated heterocycles. The summed E-state index contributed by atoms with van der Waals surface area (Å²) in [7, 11) is 0. The Bertz CT molecular complexity index is 605. The summed E-state index contributed by atoms with van der Waals surface area (Å²) in [6.07, 6.45) is 4.73. The largest absolute Gasteiger partial charge is 0.491 e. The van der Waals surface area contributed by atoms with Crippen molar-refractivity contribution in [3.05, 3.63) is 45.6 Å². The number of ether oxygens (including phenoxy) is 1. The molecule has 1 atom stereocenters. The fraction of sp³-hybridized carbons (Fsp3) is 0.444. The van der Waals surface area contributed by atoms with Crippen LogP contribution >= 0.6 is 11.3 Å². The maximum absolute atomic E-state index is 5.92. The molecule has 0 saturated carbocycles. The van der Waals surface area contributed by atoms with Crippen molar-refractivity contribution in [2.24, 2.45) is 0 Å². The van der Waals surface area contributed by atoms with Crippen LogP contribution < -0.4 is 10.1 Å². The van der Waals surface area contributed by atoms with Gasteiger partial charge in [-0.15, -0.1) is 11.3 Å². The van der Waals surface area contributed by atoms with Gasteiger partial charge in [-0.25, -0.2) is 0 Å². The molecule has 112 valence electrons. The highest BCUT2D eigenvalue weighted by Gasteiger charge is 2.21. The number of anilines is 1. The van der Waals surface area contributed by atoms with Gasteiger partial charge < -0.3 is 10.1 Å². The summed E-state index contributed by atoms with van der Waals surface area (Å²) in [6.45, 7) is 5.02. The van der Waals surface area contributed by atoms with E-state index < -0.39 is 0 Å². The normalized spacial score (nSPS) is 17.3.